The van der Waals surface area contributed by atoms with Crippen molar-refractivity contribution in [3.8, 4) is 0 Å². The molecule has 1 aromatic heterocycles. The average Bonchev–Trinajstić information content (AvgIpc) is 3.22. The fraction of sp³-hybridized carbons (Fsp3) is 0.741. The molecular weight excluding hydrogens is 466 g/mol. The number of cyclic esters (lactones) is 1. The van der Waals surface area contributed by atoms with Crippen molar-refractivity contribution in [2.24, 2.45) is 17.3 Å². The summed E-state index contributed by atoms with van der Waals surface area (Å²) in [5.74, 6) is -1.55. The monoisotopic (exact) mass is 507 g/mol. The number of aliphatic hydroxyl groups is 2. The van der Waals surface area contributed by atoms with Gasteiger partial charge in [-0.2, -0.15) is 0 Å². The largest absolute Gasteiger partial charge is 0.458 e. The van der Waals surface area contributed by atoms with E-state index in [4.69, 9.17) is 9.47 Å². The number of aromatic nitrogens is 1. The van der Waals surface area contributed by atoms with Crippen LogP contribution in [0, 0.1) is 24.2 Å². The minimum atomic E-state index is -1.23. The predicted octanol–water partition coefficient (Wildman–Crippen LogP) is 4.48. The molecule has 0 radical (unpaired) electrons. The number of ether oxygens (including phenoxy) is 2. The summed E-state index contributed by atoms with van der Waals surface area (Å²) in [6.45, 7) is 12.8. The van der Waals surface area contributed by atoms with Gasteiger partial charge in [0.2, 0.25) is 0 Å². The van der Waals surface area contributed by atoms with Gasteiger partial charge in [-0.1, -0.05) is 34.1 Å². The van der Waals surface area contributed by atoms with Crippen LogP contribution in [0.25, 0.3) is 6.08 Å². The summed E-state index contributed by atoms with van der Waals surface area (Å²) >= 11 is 1.56. The van der Waals surface area contributed by atoms with Crippen molar-refractivity contribution < 1.29 is 29.3 Å². The van der Waals surface area contributed by atoms with Gasteiger partial charge in [-0.15, -0.1) is 11.3 Å². The number of rotatable bonds is 2. The lowest BCUT2D eigenvalue weighted by molar-refractivity contribution is -0.154. The number of esters is 1. The van der Waals surface area contributed by atoms with Gasteiger partial charge in [0.05, 0.1) is 46.5 Å². The third kappa shape index (κ3) is 6.59. The zero-order valence-corrected chi connectivity index (χ0v) is 22.9. The van der Waals surface area contributed by atoms with Crippen molar-refractivity contribution >= 4 is 29.2 Å². The van der Waals surface area contributed by atoms with E-state index in [1.54, 1.807) is 32.1 Å². The maximum atomic E-state index is 13.2. The summed E-state index contributed by atoms with van der Waals surface area (Å²) in [4.78, 5) is 30.6. The fourth-order valence-corrected chi connectivity index (χ4v) is 5.64. The fourth-order valence-electron chi connectivity index (χ4n) is 5.07. The van der Waals surface area contributed by atoms with E-state index < -0.39 is 35.6 Å². The summed E-state index contributed by atoms with van der Waals surface area (Å²) in [5, 5.41) is 24.6. The first-order valence-corrected chi connectivity index (χ1v) is 13.5. The molecule has 1 aromatic rings. The molecule has 3 heterocycles. The second-order valence-electron chi connectivity index (χ2n) is 11.3. The van der Waals surface area contributed by atoms with Crippen LogP contribution in [0.5, 0.6) is 0 Å². The molecule has 7 atom stereocenters. The molecule has 8 heteroatoms. The molecular formula is C27H41NO6S. The summed E-state index contributed by atoms with van der Waals surface area (Å²) in [7, 11) is 0. The van der Waals surface area contributed by atoms with Crippen molar-refractivity contribution in [2.75, 3.05) is 0 Å². The van der Waals surface area contributed by atoms with Crippen molar-refractivity contribution in [1.82, 2.24) is 4.98 Å². The standard InChI is InChI=1S/C27H41NO6S/c1-15-9-8-10-27(7)22(34-27)12-20(16(2)11-19-14-35-18(4)28-19)33-23(30)13-21(29)26(5,6)25(32)17(3)24(15)31/h11,14-15,17,20-22,24,29,31H,8-10,12-13H2,1-7H3/b16-11+/t15?,17?,20?,21-,22+,24?,27?/m0/s1. The molecule has 0 saturated carbocycles. The lowest BCUT2D eigenvalue weighted by Crippen LogP contribution is -2.45. The molecule has 0 aliphatic carbocycles. The first-order chi connectivity index (χ1) is 16.2. The number of hydrogen-bond donors (Lipinski definition) is 2. The minimum absolute atomic E-state index is 0.0455. The number of nitrogens with zero attached hydrogens (tertiary/aromatic N) is 1. The average molecular weight is 508 g/mol. The van der Waals surface area contributed by atoms with E-state index >= 15 is 0 Å². The minimum Gasteiger partial charge on any atom is -0.458 e. The Morgan fingerprint density at radius 2 is 1.91 bits per heavy atom. The molecule has 0 bridgehead atoms. The summed E-state index contributed by atoms with van der Waals surface area (Å²) in [6.07, 6.45) is 1.98. The van der Waals surface area contributed by atoms with Crippen LogP contribution in [-0.4, -0.2) is 57.0 Å². The Morgan fingerprint density at radius 1 is 1.23 bits per heavy atom. The molecule has 0 amide bonds. The molecule has 0 spiro atoms. The molecule has 2 aliphatic rings. The molecule has 2 aliphatic heterocycles. The smallest absolute Gasteiger partial charge is 0.309 e. The first kappa shape index (κ1) is 28.0. The highest BCUT2D eigenvalue weighted by atomic mass is 32.1. The maximum absolute atomic E-state index is 13.2. The molecule has 3 rings (SSSR count). The highest BCUT2D eigenvalue weighted by Crippen LogP contribution is 2.45. The molecule has 2 saturated heterocycles. The van der Waals surface area contributed by atoms with E-state index in [1.807, 2.05) is 32.2 Å². The van der Waals surface area contributed by atoms with Crippen molar-refractivity contribution in [1.29, 1.82) is 0 Å². The number of epoxide rings is 1. The lowest BCUT2D eigenvalue weighted by Gasteiger charge is -2.34. The van der Waals surface area contributed by atoms with Crippen LogP contribution in [0.4, 0.5) is 0 Å². The second kappa shape index (κ2) is 10.8. The van der Waals surface area contributed by atoms with Crippen LogP contribution < -0.4 is 0 Å². The van der Waals surface area contributed by atoms with E-state index in [0.29, 0.717) is 6.42 Å². The Kier molecular flexibility index (Phi) is 8.62. The van der Waals surface area contributed by atoms with Gasteiger partial charge in [-0.05, 0) is 51.2 Å². The van der Waals surface area contributed by atoms with Crippen molar-refractivity contribution in [3.05, 3.63) is 21.7 Å². The zero-order valence-electron chi connectivity index (χ0n) is 22.0. The number of hydrogen-bond acceptors (Lipinski definition) is 8. The molecule has 7 nitrogen and oxygen atoms in total. The first-order valence-electron chi connectivity index (χ1n) is 12.6. The van der Waals surface area contributed by atoms with Crippen molar-refractivity contribution in [3.63, 3.8) is 0 Å². The molecule has 35 heavy (non-hydrogen) atoms. The van der Waals surface area contributed by atoms with Crippen molar-refractivity contribution in [2.45, 2.75) is 111 Å². The van der Waals surface area contributed by atoms with Gasteiger partial charge in [0.1, 0.15) is 11.9 Å². The Balaban J connectivity index is 1.85. The van der Waals surface area contributed by atoms with E-state index in [0.717, 1.165) is 35.5 Å². The SMILES string of the molecule is C/C(=C\c1csc(C)n1)C1C[C@H]2OC2(C)CCCC(C)C(O)C(C)C(=O)C(C)(C)[C@@H](O)CC(=O)O1. The maximum Gasteiger partial charge on any atom is 0.309 e. The molecule has 2 N–H and O–H groups in total. The van der Waals surface area contributed by atoms with Gasteiger partial charge < -0.3 is 19.7 Å². The van der Waals surface area contributed by atoms with Crippen LogP contribution in [0.1, 0.15) is 84.3 Å². The number of carbonyl (C=O) groups is 2. The van der Waals surface area contributed by atoms with Gasteiger partial charge in [0.15, 0.2) is 0 Å². The number of aryl methyl sites for hydroxylation is 1. The summed E-state index contributed by atoms with van der Waals surface area (Å²) in [6, 6.07) is 0. The van der Waals surface area contributed by atoms with Crippen LogP contribution in [-0.2, 0) is 19.1 Å². The number of aliphatic hydroxyl groups excluding tert-OH is 2. The lowest BCUT2D eigenvalue weighted by atomic mass is 9.73. The second-order valence-corrected chi connectivity index (χ2v) is 12.3. The molecule has 196 valence electrons. The van der Waals surface area contributed by atoms with Gasteiger partial charge in [0, 0.05) is 17.7 Å². The Bertz CT molecular complexity index is 955. The van der Waals surface area contributed by atoms with Crippen LogP contribution in [0.15, 0.2) is 11.0 Å². The predicted molar refractivity (Wildman–Crippen MR) is 136 cm³/mol. The normalized spacial score (nSPS) is 37.5. The molecule has 2 fully saturated rings. The number of carbonyl (C=O) groups excluding carboxylic acids is 2. The quantitative estimate of drug-likeness (QED) is 0.449. The van der Waals surface area contributed by atoms with E-state index in [1.165, 1.54) is 0 Å². The Hall–Kier alpha value is -1.61. The number of Topliss-reactive ketones (excluding diaryl/α,β-unsaturated/α-hetero) is 1. The number of thiazole rings is 1. The van der Waals surface area contributed by atoms with Crippen LogP contribution in [0.2, 0.25) is 0 Å². The highest BCUT2D eigenvalue weighted by molar-refractivity contribution is 7.09. The van der Waals surface area contributed by atoms with Crippen LogP contribution >= 0.6 is 11.3 Å². The number of ketones is 1. The molecule has 5 unspecified atom stereocenters. The van der Waals surface area contributed by atoms with Gasteiger partial charge in [-0.3, -0.25) is 9.59 Å². The topological polar surface area (TPSA) is 109 Å². The number of fused-ring (bicyclic) bond motifs is 1. The van der Waals surface area contributed by atoms with Gasteiger partial charge >= 0.3 is 5.97 Å². The molecule has 0 aromatic carbocycles. The third-order valence-electron chi connectivity index (χ3n) is 7.93. The van der Waals surface area contributed by atoms with Gasteiger partial charge in [-0.25, -0.2) is 4.98 Å². The Labute approximate surface area is 212 Å². The van der Waals surface area contributed by atoms with Crippen LogP contribution in [0.3, 0.4) is 0 Å². The van der Waals surface area contributed by atoms with E-state index in [2.05, 4.69) is 11.9 Å². The van der Waals surface area contributed by atoms with Gasteiger partial charge in [0.25, 0.3) is 0 Å². The highest BCUT2D eigenvalue weighted by Gasteiger charge is 2.53. The summed E-state index contributed by atoms with van der Waals surface area (Å²) < 4.78 is 11.9. The van der Waals surface area contributed by atoms with E-state index in [9.17, 15) is 19.8 Å². The third-order valence-corrected chi connectivity index (χ3v) is 8.72. The summed E-state index contributed by atoms with van der Waals surface area (Å²) in [5.41, 5.74) is 0.179. The van der Waals surface area contributed by atoms with E-state index in [-0.39, 0.29) is 29.8 Å². The zero-order chi connectivity index (χ0) is 26.1. The Morgan fingerprint density at radius 3 is 2.54 bits per heavy atom.